The lowest BCUT2D eigenvalue weighted by atomic mass is 9.90. The molecule has 0 bridgehead atoms. The van der Waals surface area contributed by atoms with E-state index in [0.29, 0.717) is 6.04 Å². The maximum absolute atomic E-state index is 3.71. The summed E-state index contributed by atoms with van der Waals surface area (Å²) in [5, 5.41) is 3.71. The smallest absolute Gasteiger partial charge is 0.0319 e. The molecule has 0 saturated carbocycles. The van der Waals surface area contributed by atoms with Crippen molar-refractivity contribution in [1.82, 2.24) is 5.32 Å². The van der Waals surface area contributed by atoms with Gasteiger partial charge in [-0.05, 0) is 69.2 Å². The molecule has 0 saturated heterocycles. The molecule has 0 amide bonds. The lowest BCUT2D eigenvalue weighted by Crippen LogP contribution is -2.33. The van der Waals surface area contributed by atoms with Gasteiger partial charge < -0.3 is 5.32 Å². The Balaban J connectivity index is 2.11. The summed E-state index contributed by atoms with van der Waals surface area (Å²) in [7, 11) is 0. The molecule has 2 rings (SSSR count). The van der Waals surface area contributed by atoms with Crippen LogP contribution in [-0.2, 0) is 6.42 Å². The van der Waals surface area contributed by atoms with Crippen molar-refractivity contribution in [2.45, 2.75) is 71.8 Å². The zero-order chi connectivity index (χ0) is 15.1. The fraction of sp³-hybridized carbons (Fsp3) is 0.600. The highest BCUT2D eigenvalue weighted by molar-refractivity contribution is 5.31. The van der Waals surface area contributed by atoms with Crippen molar-refractivity contribution < 1.29 is 0 Å². The SMILES string of the molecule is CCNC(Cc1ccc(C)c(C)c1)/C1=C/CCCCCC1. The lowest BCUT2D eigenvalue weighted by molar-refractivity contribution is 0.535. The molecule has 116 valence electrons. The maximum atomic E-state index is 3.71. The third kappa shape index (κ3) is 5.00. The van der Waals surface area contributed by atoms with Gasteiger partial charge in [-0.1, -0.05) is 49.6 Å². The minimum absolute atomic E-state index is 0.523. The van der Waals surface area contributed by atoms with Crippen LogP contribution >= 0.6 is 0 Å². The second-order valence-corrected chi connectivity index (χ2v) is 6.46. The average Bonchev–Trinajstić information content (AvgIpc) is 2.42. The molecular weight excluding hydrogens is 254 g/mol. The molecule has 0 fully saturated rings. The first-order valence-corrected chi connectivity index (χ1v) is 8.69. The summed E-state index contributed by atoms with van der Waals surface area (Å²) in [6.45, 7) is 7.68. The van der Waals surface area contributed by atoms with Crippen LogP contribution in [0, 0.1) is 13.8 Å². The van der Waals surface area contributed by atoms with E-state index in [2.05, 4.69) is 50.4 Å². The molecule has 21 heavy (non-hydrogen) atoms. The predicted octanol–water partition coefficient (Wildman–Crippen LogP) is 5.10. The van der Waals surface area contributed by atoms with Crippen LogP contribution in [0.2, 0.25) is 0 Å². The van der Waals surface area contributed by atoms with Gasteiger partial charge in [-0.2, -0.15) is 0 Å². The summed E-state index contributed by atoms with van der Waals surface area (Å²) in [4.78, 5) is 0. The Bertz CT molecular complexity index is 473. The fourth-order valence-electron chi connectivity index (χ4n) is 3.28. The highest BCUT2D eigenvalue weighted by atomic mass is 14.9. The van der Waals surface area contributed by atoms with Gasteiger partial charge in [0.15, 0.2) is 0 Å². The van der Waals surface area contributed by atoms with E-state index in [1.165, 1.54) is 55.2 Å². The summed E-state index contributed by atoms with van der Waals surface area (Å²) in [5.74, 6) is 0. The van der Waals surface area contributed by atoms with Crippen LogP contribution in [0.25, 0.3) is 0 Å². The molecule has 1 atom stereocenters. The van der Waals surface area contributed by atoms with E-state index >= 15 is 0 Å². The van der Waals surface area contributed by atoms with Gasteiger partial charge in [0, 0.05) is 6.04 Å². The molecule has 0 radical (unpaired) electrons. The van der Waals surface area contributed by atoms with E-state index in [4.69, 9.17) is 0 Å². The first kappa shape index (κ1) is 16.3. The van der Waals surface area contributed by atoms with E-state index in [0.717, 1.165) is 13.0 Å². The molecule has 1 aliphatic rings. The van der Waals surface area contributed by atoms with Gasteiger partial charge in [0.25, 0.3) is 0 Å². The normalized spacial score (nSPS) is 20.2. The minimum Gasteiger partial charge on any atom is -0.310 e. The van der Waals surface area contributed by atoms with Crippen molar-refractivity contribution in [1.29, 1.82) is 0 Å². The maximum Gasteiger partial charge on any atom is 0.0319 e. The van der Waals surface area contributed by atoms with Gasteiger partial charge in [-0.3, -0.25) is 0 Å². The van der Waals surface area contributed by atoms with Crippen LogP contribution < -0.4 is 5.32 Å². The van der Waals surface area contributed by atoms with Crippen molar-refractivity contribution in [2.24, 2.45) is 0 Å². The molecule has 1 aromatic rings. The van der Waals surface area contributed by atoms with Crippen molar-refractivity contribution >= 4 is 0 Å². The van der Waals surface area contributed by atoms with E-state index in [1.54, 1.807) is 5.57 Å². The van der Waals surface area contributed by atoms with Crippen molar-refractivity contribution in [2.75, 3.05) is 6.54 Å². The summed E-state index contributed by atoms with van der Waals surface area (Å²) >= 11 is 0. The number of benzene rings is 1. The Morgan fingerprint density at radius 1 is 1.05 bits per heavy atom. The summed E-state index contributed by atoms with van der Waals surface area (Å²) in [6.07, 6.45) is 11.7. The molecule has 0 heterocycles. The van der Waals surface area contributed by atoms with Crippen LogP contribution in [-0.4, -0.2) is 12.6 Å². The van der Waals surface area contributed by atoms with Crippen molar-refractivity contribution in [3.8, 4) is 0 Å². The second-order valence-electron chi connectivity index (χ2n) is 6.46. The average molecular weight is 285 g/mol. The van der Waals surface area contributed by atoms with Gasteiger partial charge in [0.05, 0.1) is 0 Å². The van der Waals surface area contributed by atoms with Crippen molar-refractivity contribution in [3.63, 3.8) is 0 Å². The van der Waals surface area contributed by atoms with Crippen LogP contribution in [0.4, 0.5) is 0 Å². The van der Waals surface area contributed by atoms with Gasteiger partial charge in [-0.25, -0.2) is 0 Å². The Labute approximate surface area is 130 Å². The quantitative estimate of drug-likeness (QED) is 0.742. The Kier molecular flexibility index (Phi) is 6.50. The Morgan fingerprint density at radius 2 is 1.86 bits per heavy atom. The first-order chi connectivity index (χ1) is 10.2. The molecule has 0 aliphatic heterocycles. The zero-order valence-electron chi connectivity index (χ0n) is 14.0. The fourth-order valence-corrected chi connectivity index (χ4v) is 3.28. The van der Waals surface area contributed by atoms with Crippen LogP contribution in [0.3, 0.4) is 0 Å². The number of allylic oxidation sites excluding steroid dienone is 1. The molecule has 1 nitrogen and oxygen atoms in total. The Morgan fingerprint density at radius 3 is 2.62 bits per heavy atom. The molecule has 1 aromatic carbocycles. The second kappa shape index (κ2) is 8.38. The molecule has 1 unspecified atom stereocenters. The molecular formula is C20H31N. The third-order valence-corrected chi connectivity index (χ3v) is 4.74. The zero-order valence-corrected chi connectivity index (χ0v) is 14.0. The van der Waals surface area contributed by atoms with E-state index in [-0.39, 0.29) is 0 Å². The summed E-state index contributed by atoms with van der Waals surface area (Å²) < 4.78 is 0. The lowest BCUT2D eigenvalue weighted by Gasteiger charge is -2.23. The van der Waals surface area contributed by atoms with Crippen LogP contribution in [0.5, 0.6) is 0 Å². The predicted molar refractivity (Wildman–Crippen MR) is 92.9 cm³/mol. The number of aryl methyl sites for hydroxylation is 2. The van der Waals surface area contributed by atoms with Crippen LogP contribution in [0.15, 0.2) is 29.8 Å². The van der Waals surface area contributed by atoms with Crippen molar-refractivity contribution in [3.05, 3.63) is 46.5 Å². The highest BCUT2D eigenvalue weighted by Gasteiger charge is 2.15. The summed E-state index contributed by atoms with van der Waals surface area (Å²) in [6, 6.07) is 7.45. The number of nitrogens with one attached hydrogen (secondary N) is 1. The van der Waals surface area contributed by atoms with Gasteiger partial charge in [-0.15, -0.1) is 0 Å². The van der Waals surface area contributed by atoms with E-state index < -0.39 is 0 Å². The molecule has 0 spiro atoms. The molecule has 0 aromatic heterocycles. The standard InChI is InChI=1S/C20H31N/c1-4-21-20(19-10-8-6-5-7-9-11-19)15-18-13-12-16(2)17(3)14-18/h10,12-14,20-21H,4-9,11,15H2,1-3H3/b19-10+. The topological polar surface area (TPSA) is 12.0 Å². The molecule has 1 heteroatoms. The third-order valence-electron chi connectivity index (χ3n) is 4.74. The minimum atomic E-state index is 0.523. The number of hydrogen-bond donors (Lipinski definition) is 1. The van der Waals surface area contributed by atoms with Crippen LogP contribution in [0.1, 0.15) is 62.1 Å². The van der Waals surface area contributed by atoms with E-state index in [9.17, 15) is 0 Å². The molecule has 1 aliphatic carbocycles. The van der Waals surface area contributed by atoms with E-state index in [1.807, 2.05) is 0 Å². The highest BCUT2D eigenvalue weighted by Crippen LogP contribution is 2.22. The van der Waals surface area contributed by atoms with Gasteiger partial charge in [0.2, 0.25) is 0 Å². The Hall–Kier alpha value is -1.08. The monoisotopic (exact) mass is 285 g/mol. The van der Waals surface area contributed by atoms with Gasteiger partial charge in [0.1, 0.15) is 0 Å². The first-order valence-electron chi connectivity index (χ1n) is 8.69. The number of rotatable bonds is 5. The largest absolute Gasteiger partial charge is 0.310 e. The number of hydrogen-bond acceptors (Lipinski definition) is 1. The van der Waals surface area contributed by atoms with Gasteiger partial charge >= 0.3 is 0 Å². The number of likely N-dealkylation sites (N-methyl/N-ethyl adjacent to an activating group) is 1. The summed E-state index contributed by atoms with van der Waals surface area (Å²) in [5.41, 5.74) is 5.92. The molecule has 1 N–H and O–H groups in total.